The van der Waals surface area contributed by atoms with Gasteiger partial charge in [0.15, 0.2) is 11.6 Å². The highest BCUT2D eigenvalue weighted by Gasteiger charge is 2.79. The first-order valence-corrected chi connectivity index (χ1v) is 54.4. The number of fused-ring (bicyclic) bond motifs is 10. The van der Waals surface area contributed by atoms with Crippen LogP contribution in [0.25, 0.3) is 0 Å². The Labute approximate surface area is 850 Å². The maximum absolute atomic E-state index is 16.3. The highest BCUT2D eigenvalue weighted by molar-refractivity contribution is 7.00. The molecule has 6 fully saturated rings. The second-order valence-electron chi connectivity index (χ2n) is 47.3. The number of aliphatic hydroxyl groups is 4. The van der Waals surface area contributed by atoms with E-state index in [4.69, 9.17) is 46.7 Å². The molecule has 2 aliphatic heterocycles. The third-order valence-corrected chi connectivity index (χ3v) is 43.5. The number of carbonyl (C=O) groups excluding carboxylic acids is 8. The topological polar surface area (TPSA) is 334 Å². The summed E-state index contributed by atoms with van der Waals surface area (Å²) in [6, 6.07) is 73.8. The summed E-state index contributed by atoms with van der Waals surface area (Å²) in [5.74, 6) is -8.08. The molecule has 8 aromatic carbocycles. The number of hydrogen-bond acceptors (Lipinski definition) is 22. The fourth-order valence-corrected chi connectivity index (χ4v) is 35.2. The maximum Gasteiger partial charge on any atom is 0.408 e. The smallest absolute Gasteiger partial charge is 0.408 e. The number of rotatable bonds is 22. The largest absolute Gasteiger partial charge is 0.457 e. The standard InChI is InChI=1S/2C59H73NO11Si/c2*1-36-42(68-51(63)37(2)46(38-25-17-13-18-26-38)60-53(65)70-54(3,4)5)34-59(66)50(69-52(64)39-27-19-14-20-28-39)48-57(11)35-67-43(57)33-44(58(48,12)49(62)47(61)45(36)56(59,9)10)71-72(55(6,7)8,40-29-21-15-22-30-40)41-31-23-16-24-32-41/h13-32,37,42-44,46,48-50,62,66H,33-35H2,1-12H3,(H,60,65);13-32,37,42-44,46-48,50,61,66H,33-35H2,1-12H3,(H,60,65)/t37-,42+,43-,44+,46-,48-,49+,50+,57-,58-,59-;37-,42+,43-,44+,46-,47-,48-,50+,57-,58-,59-/m11/s1. The monoisotopic (exact) mass is 2000 g/mol. The van der Waals surface area contributed by atoms with E-state index >= 15 is 9.59 Å². The van der Waals surface area contributed by atoms with Crippen LogP contribution in [-0.2, 0) is 65.9 Å². The Morgan fingerprint density at radius 3 is 1.09 bits per heavy atom. The molecule has 8 aromatic rings. The van der Waals surface area contributed by atoms with Crippen molar-refractivity contribution < 1.29 is 106 Å². The van der Waals surface area contributed by atoms with Gasteiger partial charge in [0.05, 0.1) is 78.1 Å². The Morgan fingerprint density at radius 2 is 0.743 bits per heavy atom. The minimum Gasteiger partial charge on any atom is -0.457 e. The number of ether oxygens (including phenoxy) is 8. The van der Waals surface area contributed by atoms with Crippen LogP contribution >= 0.6 is 0 Å². The molecule has 2 amide bonds. The van der Waals surface area contributed by atoms with Crippen LogP contribution in [-0.4, -0.2) is 181 Å². The van der Waals surface area contributed by atoms with Gasteiger partial charge in [0.2, 0.25) is 0 Å². The van der Waals surface area contributed by atoms with Gasteiger partial charge in [-0.25, -0.2) is 19.2 Å². The molecule has 768 valence electrons. The van der Waals surface area contributed by atoms with Gasteiger partial charge < -0.3 is 77.8 Å². The molecule has 4 bridgehead atoms. The zero-order valence-corrected chi connectivity index (χ0v) is 89.7. The number of aliphatic hydroxyl groups excluding tert-OH is 2. The number of amides is 2. The summed E-state index contributed by atoms with van der Waals surface area (Å²) < 4.78 is 66.8. The predicted molar refractivity (Wildman–Crippen MR) is 554 cm³/mol. The normalized spacial score (nSPS) is 29.9. The van der Waals surface area contributed by atoms with Gasteiger partial charge in [-0.05, 0) is 166 Å². The van der Waals surface area contributed by atoms with Crippen molar-refractivity contribution in [3.05, 3.63) is 287 Å². The zero-order chi connectivity index (χ0) is 105. The van der Waals surface area contributed by atoms with Crippen molar-refractivity contribution in [1.29, 1.82) is 0 Å². The van der Waals surface area contributed by atoms with Gasteiger partial charge in [0, 0.05) is 63.7 Å². The van der Waals surface area contributed by atoms with E-state index in [-0.39, 0.29) is 54.7 Å². The van der Waals surface area contributed by atoms with Crippen LogP contribution in [0.15, 0.2) is 265 Å². The van der Waals surface area contributed by atoms with E-state index in [1.807, 2.05) is 113 Å². The lowest BCUT2D eigenvalue weighted by atomic mass is 9.42. The number of esters is 4. The third kappa shape index (κ3) is 18.9. The van der Waals surface area contributed by atoms with Crippen molar-refractivity contribution in [2.75, 3.05) is 13.2 Å². The second-order valence-corrected chi connectivity index (χ2v) is 55.8. The van der Waals surface area contributed by atoms with E-state index in [1.54, 1.807) is 206 Å². The van der Waals surface area contributed by atoms with Crippen LogP contribution in [0, 0.1) is 56.2 Å². The Hall–Kier alpha value is -10.9. The zero-order valence-electron chi connectivity index (χ0n) is 87.7. The van der Waals surface area contributed by atoms with E-state index < -0.39 is 226 Å². The highest BCUT2D eigenvalue weighted by atomic mass is 28.4. The van der Waals surface area contributed by atoms with E-state index in [0.717, 1.165) is 20.7 Å². The number of alkyl carbamates (subject to hydrolysis) is 2. The fourth-order valence-electron chi connectivity index (χ4n) is 25.6. The molecule has 0 aromatic heterocycles. The van der Waals surface area contributed by atoms with E-state index in [0.29, 0.717) is 28.7 Å². The van der Waals surface area contributed by atoms with Crippen LogP contribution < -0.4 is 31.4 Å². The molecule has 4 saturated carbocycles. The summed E-state index contributed by atoms with van der Waals surface area (Å²) >= 11 is 0. The molecule has 6 N–H and O–H groups in total. The fraction of sp³-hybridized carbons (Fsp3) is 0.492. The summed E-state index contributed by atoms with van der Waals surface area (Å²) in [6.45, 7) is 45.2. The Balaban J connectivity index is 0.000000217. The van der Waals surface area contributed by atoms with E-state index in [9.17, 15) is 49.2 Å². The number of Topliss-reactive ketones (excluding diaryl/α,β-unsaturated/α-hetero) is 2. The highest BCUT2D eigenvalue weighted by Crippen LogP contribution is 2.70. The summed E-state index contributed by atoms with van der Waals surface area (Å²) in [5.41, 5.74) is -11.1. The molecule has 24 nitrogen and oxygen atoms in total. The summed E-state index contributed by atoms with van der Waals surface area (Å²) in [6.07, 6.45) is -13.2. The van der Waals surface area contributed by atoms with Crippen molar-refractivity contribution in [1.82, 2.24) is 10.6 Å². The van der Waals surface area contributed by atoms with Gasteiger partial charge in [-0.15, -0.1) is 0 Å². The van der Waals surface area contributed by atoms with Crippen molar-refractivity contribution in [2.24, 2.45) is 56.2 Å². The minimum atomic E-state index is -3.45. The predicted octanol–water partition coefficient (Wildman–Crippen LogP) is 17.6. The minimum absolute atomic E-state index is 0.0717. The quantitative estimate of drug-likeness (QED) is 0.0159. The Kier molecular flexibility index (Phi) is 29.6. The lowest BCUT2D eigenvalue weighted by molar-refractivity contribution is -0.326. The second kappa shape index (κ2) is 39.7. The number of hydrogen-bond donors (Lipinski definition) is 6. The number of nitrogens with one attached hydrogen (secondary N) is 2. The van der Waals surface area contributed by atoms with Crippen LogP contribution in [0.1, 0.15) is 236 Å². The molecule has 2 saturated heterocycles. The van der Waals surface area contributed by atoms with Gasteiger partial charge in [-0.1, -0.05) is 308 Å². The lowest BCUT2D eigenvalue weighted by Gasteiger charge is -2.69. The van der Waals surface area contributed by atoms with Gasteiger partial charge in [0.25, 0.3) is 16.6 Å². The first-order valence-electron chi connectivity index (χ1n) is 50.6. The molecule has 0 unspecified atom stereocenters. The van der Waals surface area contributed by atoms with Crippen molar-refractivity contribution in [2.45, 2.75) is 297 Å². The molecule has 16 rings (SSSR count). The van der Waals surface area contributed by atoms with Crippen LogP contribution in [0.2, 0.25) is 10.1 Å². The molecule has 8 aliphatic rings. The third-order valence-electron chi connectivity index (χ3n) is 33.4. The molecule has 6 aliphatic carbocycles. The van der Waals surface area contributed by atoms with E-state index in [1.165, 1.54) is 0 Å². The lowest BCUT2D eigenvalue weighted by Crippen LogP contribution is -2.79. The average Bonchev–Trinajstić information content (AvgIpc) is 0.669. The van der Waals surface area contributed by atoms with Gasteiger partial charge in [-0.3, -0.25) is 19.2 Å². The molecular weight excluding hydrogens is 1850 g/mol. The molecule has 0 spiro atoms. The first-order chi connectivity index (χ1) is 67.4. The molecular formula is C118H146N2O22Si2. The van der Waals surface area contributed by atoms with Crippen molar-refractivity contribution in [3.8, 4) is 0 Å². The molecule has 2 heterocycles. The Bertz CT molecular complexity index is 6030. The number of ketones is 2. The summed E-state index contributed by atoms with van der Waals surface area (Å²) in [5, 5.41) is 63.6. The molecule has 144 heavy (non-hydrogen) atoms. The van der Waals surface area contributed by atoms with Crippen LogP contribution in [0.4, 0.5) is 9.59 Å². The average molecular weight is 2000 g/mol. The van der Waals surface area contributed by atoms with Crippen molar-refractivity contribution >= 4 is 85.0 Å². The van der Waals surface area contributed by atoms with Gasteiger partial charge in [-0.2, -0.15) is 0 Å². The van der Waals surface area contributed by atoms with Crippen molar-refractivity contribution in [3.63, 3.8) is 0 Å². The number of carbonyl (C=O) groups is 8. The van der Waals surface area contributed by atoms with E-state index in [2.05, 4.69) is 101 Å². The first kappa shape index (κ1) is 107. The number of benzene rings is 8. The summed E-state index contributed by atoms with van der Waals surface area (Å²) in [4.78, 5) is 118. The van der Waals surface area contributed by atoms with Gasteiger partial charge in [0.1, 0.15) is 59.0 Å². The van der Waals surface area contributed by atoms with Gasteiger partial charge >= 0.3 is 36.1 Å². The SMILES string of the molecule is CC1=C2C(=O)[C@H](O)[C@]3(C)[C@@H](O[Si](c4ccccc4)(c4ccccc4)C(C)(C)C)C[C@H]4OC[C@@]4(C)[C@H]3[C@H](OC(=O)c3ccccc3)[C@](O)(C[C@@H]1OC(=O)[C@H](C)[C@@H](NC(=O)OC(C)(C)C)c1ccccc1)C2(C)C.CC1=C2[C@@H](O)C(=O)[C@]3(C)[C@@H](O[Si](c4ccccc4)(c4ccccc4)C(C)(C)C)C[C@H]4OC[C@@]4(C)[C@H]3[C@H](OC(=O)c3ccccc3)[C@](O)(C[C@@H]1OC(=O)[C@H](C)[C@@H](NC(=O)OC(C)(C)C)c1ccccc1)C2(C)C. The summed E-state index contributed by atoms with van der Waals surface area (Å²) in [7, 11) is -6.88. The van der Waals surface area contributed by atoms with Crippen LogP contribution in [0.5, 0.6) is 0 Å². The molecule has 22 atom stereocenters. The van der Waals surface area contributed by atoms with Crippen LogP contribution in [0.3, 0.4) is 0 Å². The maximum atomic E-state index is 16.3. The molecule has 0 radical (unpaired) electrons. The molecule has 26 heteroatoms. The Morgan fingerprint density at radius 1 is 0.424 bits per heavy atom.